The monoisotopic (exact) mass is 291 g/mol. The fourth-order valence-corrected chi connectivity index (χ4v) is 2.23. The fourth-order valence-electron chi connectivity index (χ4n) is 1.63. The van der Waals surface area contributed by atoms with Crippen molar-refractivity contribution in [2.24, 2.45) is 0 Å². The van der Waals surface area contributed by atoms with Gasteiger partial charge < -0.3 is 15.7 Å². The van der Waals surface area contributed by atoms with E-state index in [9.17, 15) is 15.2 Å². The molecule has 1 heterocycles. The van der Waals surface area contributed by atoms with E-state index < -0.39 is 10.5 Å². The average Bonchev–Trinajstić information content (AvgIpc) is 2.25. The Morgan fingerprint density at radius 1 is 1.44 bits per heavy atom. The summed E-state index contributed by atoms with van der Waals surface area (Å²) in [6.07, 6.45) is 0. The normalized spacial score (nSPS) is 17.1. The molecule has 0 unspecified atom stereocenters. The maximum absolute atomic E-state index is 10.6. The smallest absolute Gasteiger partial charge is 0.272 e. The molecule has 1 aromatic rings. The fraction of sp³-hybridized carbons (Fsp3) is 0.400. The summed E-state index contributed by atoms with van der Waals surface area (Å²) in [5.74, 6) is 0. The van der Waals surface area contributed by atoms with Crippen LogP contribution in [0.3, 0.4) is 0 Å². The van der Waals surface area contributed by atoms with Gasteiger partial charge in [-0.3, -0.25) is 10.1 Å². The van der Waals surface area contributed by atoms with Gasteiger partial charge in [0.25, 0.3) is 5.69 Å². The number of aliphatic hydroxyl groups is 1. The zero-order valence-electron chi connectivity index (χ0n) is 9.24. The first-order valence-corrected chi connectivity index (χ1v) is 5.97. The molecule has 8 heteroatoms. The highest BCUT2D eigenvalue weighted by molar-refractivity contribution is 6.39. The zero-order valence-corrected chi connectivity index (χ0v) is 10.8. The van der Waals surface area contributed by atoms with Crippen LogP contribution in [0.5, 0.6) is 0 Å². The van der Waals surface area contributed by atoms with Crippen LogP contribution in [-0.2, 0) is 0 Å². The standard InChI is InChI=1S/C10H11Cl2N3O3/c11-7-1-6(15(17)18)2-8(12)9(7)14-5-10(16)3-13-4-10/h1-2,13-14,16H,3-5H2. The molecule has 2 rings (SSSR count). The first kappa shape index (κ1) is 13.4. The van der Waals surface area contributed by atoms with Crippen LogP contribution in [0.2, 0.25) is 10.0 Å². The summed E-state index contributed by atoms with van der Waals surface area (Å²) in [5, 5.41) is 26.7. The van der Waals surface area contributed by atoms with E-state index in [-0.39, 0.29) is 22.3 Å². The molecule has 18 heavy (non-hydrogen) atoms. The number of hydrogen-bond acceptors (Lipinski definition) is 5. The molecular weight excluding hydrogens is 281 g/mol. The van der Waals surface area contributed by atoms with Crippen LogP contribution in [0.4, 0.5) is 11.4 Å². The van der Waals surface area contributed by atoms with E-state index in [0.717, 1.165) is 0 Å². The molecule has 1 aromatic carbocycles. The Bertz CT molecular complexity index is 468. The van der Waals surface area contributed by atoms with Crippen LogP contribution >= 0.6 is 23.2 Å². The van der Waals surface area contributed by atoms with Gasteiger partial charge in [-0.2, -0.15) is 0 Å². The Morgan fingerprint density at radius 3 is 2.39 bits per heavy atom. The number of nitro groups is 1. The van der Waals surface area contributed by atoms with Gasteiger partial charge in [0, 0.05) is 31.8 Å². The Labute approximate surface area is 113 Å². The Kier molecular flexibility index (Phi) is 3.63. The lowest BCUT2D eigenvalue weighted by molar-refractivity contribution is -0.384. The number of nitrogens with one attached hydrogen (secondary N) is 2. The third-order valence-corrected chi connectivity index (χ3v) is 3.34. The van der Waals surface area contributed by atoms with Gasteiger partial charge >= 0.3 is 0 Å². The van der Waals surface area contributed by atoms with Gasteiger partial charge in [-0.15, -0.1) is 0 Å². The van der Waals surface area contributed by atoms with Crippen molar-refractivity contribution in [2.45, 2.75) is 5.60 Å². The molecule has 98 valence electrons. The molecular formula is C10H11Cl2N3O3. The highest BCUT2D eigenvalue weighted by Crippen LogP contribution is 2.35. The number of nitrogens with zero attached hydrogens (tertiary/aromatic N) is 1. The summed E-state index contributed by atoms with van der Waals surface area (Å²) in [5.41, 5.74) is -0.599. The van der Waals surface area contributed by atoms with E-state index in [0.29, 0.717) is 18.8 Å². The van der Waals surface area contributed by atoms with Crippen molar-refractivity contribution >= 4 is 34.6 Å². The van der Waals surface area contributed by atoms with Gasteiger partial charge in [-0.05, 0) is 0 Å². The lowest BCUT2D eigenvalue weighted by atomic mass is 9.97. The highest BCUT2D eigenvalue weighted by Gasteiger charge is 2.34. The maximum atomic E-state index is 10.6. The Balaban J connectivity index is 2.15. The largest absolute Gasteiger partial charge is 0.385 e. The minimum absolute atomic E-state index is 0.157. The Hall–Kier alpha value is -1.08. The summed E-state index contributed by atoms with van der Waals surface area (Å²) in [4.78, 5) is 10.0. The van der Waals surface area contributed by atoms with E-state index in [1.54, 1.807) is 0 Å². The molecule has 0 aromatic heterocycles. The van der Waals surface area contributed by atoms with Gasteiger partial charge in [-0.25, -0.2) is 0 Å². The molecule has 3 N–H and O–H groups in total. The first-order valence-electron chi connectivity index (χ1n) is 5.22. The minimum Gasteiger partial charge on any atom is -0.385 e. The number of anilines is 1. The molecule has 0 spiro atoms. The van der Waals surface area contributed by atoms with Crippen molar-refractivity contribution in [1.82, 2.24) is 5.32 Å². The number of non-ortho nitro benzene ring substituents is 1. The molecule has 0 amide bonds. The average molecular weight is 292 g/mol. The van der Waals surface area contributed by atoms with E-state index in [4.69, 9.17) is 23.2 Å². The van der Waals surface area contributed by atoms with E-state index in [1.165, 1.54) is 12.1 Å². The molecule has 1 aliphatic rings. The van der Waals surface area contributed by atoms with E-state index in [1.807, 2.05) is 0 Å². The minimum atomic E-state index is -0.825. The number of β-amino-alcohol motifs (C(OH)–C–C–N with tert-alkyl or cyclic N) is 1. The van der Waals surface area contributed by atoms with Crippen molar-refractivity contribution < 1.29 is 10.0 Å². The summed E-state index contributed by atoms with van der Waals surface area (Å²) in [6.45, 7) is 1.25. The Morgan fingerprint density at radius 2 is 2.00 bits per heavy atom. The summed E-state index contributed by atoms with van der Waals surface area (Å²) in [7, 11) is 0. The van der Waals surface area contributed by atoms with Gasteiger partial charge in [0.1, 0.15) is 5.60 Å². The number of rotatable bonds is 4. The van der Waals surface area contributed by atoms with Crippen molar-refractivity contribution in [1.29, 1.82) is 0 Å². The molecule has 1 fully saturated rings. The van der Waals surface area contributed by atoms with E-state index >= 15 is 0 Å². The second-order valence-corrected chi connectivity index (χ2v) is 5.04. The van der Waals surface area contributed by atoms with Gasteiger partial charge in [0.2, 0.25) is 0 Å². The SMILES string of the molecule is O=[N+]([O-])c1cc(Cl)c(NCC2(O)CNC2)c(Cl)c1. The number of halogens is 2. The maximum Gasteiger partial charge on any atom is 0.272 e. The molecule has 0 aliphatic carbocycles. The third-order valence-electron chi connectivity index (χ3n) is 2.74. The molecule has 0 saturated carbocycles. The van der Waals surface area contributed by atoms with Crippen molar-refractivity contribution in [2.75, 3.05) is 25.0 Å². The van der Waals surface area contributed by atoms with Crippen LogP contribution < -0.4 is 10.6 Å². The first-order chi connectivity index (χ1) is 8.41. The van der Waals surface area contributed by atoms with Crippen molar-refractivity contribution in [3.8, 4) is 0 Å². The molecule has 0 bridgehead atoms. The zero-order chi connectivity index (χ0) is 13.3. The highest BCUT2D eigenvalue weighted by atomic mass is 35.5. The second-order valence-electron chi connectivity index (χ2n) is 4.22. The van der Waals surface area contributed by atoms with Gasteiger partial charge in [0.05, 0.1) is 20.7 Å². The van der Waals surface area contributed by atoms with Crippen LogP contribution in [0, 0.1) is 10.1 Å². The van der Waals surface area contributed by atoms with E-state index in [2.05, 4.69) is 10.6 Å². The lowest BCUT2D eigenvalue weighted by Crippen LogP contribution is -2.63. The quantitative estimate of drug-likeness (QED) is 0.580. The van der Waals surface area contributed by atoms with Gasteiger partial charge in [-0.1, -0.05) is 23.2 Å². The molecule has 0 radical (unpaired) electrons. The predicted octanol–water partition coefficient (Wildman–Crippen LogP) is 1.65. The number of benzene rings is 1. The van der Waals surface area contributed by atoms with Crippen LogP contribution in [0.25, 0.3) is 0 Å². The lowest BCUT2D eigenvalue weighted by Gasteiger charge is -2.38. The van der Waals surface area contributed by atoms with Crippen molar-refractivity contribution in [3.05, 3.63) is 32.3 Å². The van der Waals surface area contributed by atoms with Crippen molar-refractivity contribution in [3.63, 3.8) is 0 Å². The second kappa shape index (κ2) is 4.89. The predicted molar refractivity (Wildman–Crippen MR) is 69.4 cm³/mol. The molecule has 0 atom stereocenters. The topological polar surface area (TPSA) is 87.4 Å². The third kappa shape index (κ3) is 2.67. The summed E-state index contributed by atoms with van der Waals surface area (Å²) in [6, 6.07) is 2.44. The summed E-state index contributed by atoms with van der Waals surface area (Å²) >= 11 is 11.8. The molecule has 1 saturated heterocycles. The van der Waals surface area contributed by atoms with Gasteiger partial charge in [0.15, 0.2) is 0 Å². The summed E-state index contributed by atoms with van der Waals surface area (Å²) < 4.78 is 0. The number of nitro benzene ring substituents is 1. The van der Waals surface area contributed by atoms with Crippen LogP contribution in [0.15, 0.2) is 12.1 Å². The molecule has 6 nitrogen and oxygen atoms in total. The van der Waals surface area contributed by atoms with Crippen LogP contribution in [0.1, 0.15) is 0 Å². The number of hydrogen-bond donors (Lipinski definition) is 3. The van der Waals surface area contributed by atoms with Crippen LogP contribution in [-0.4, -0.2) is 35.3 Å². The molecule has 1 aliphatic heterocycles.